The number of halogens is 3. The minimum atomic E-state index is -4.84. The van der Waals surface area contributed by atoms with Crippen molar-refractivity contribution in [2.24, 2.45) is 0 Å². The summed E-state index contributed by atoms with van der Waals surface area (Å²) in [4.78, 5) is 21.7. The quantitative estimate of drug-likeness (QED) is 0.446. The molecule has 18 heavy (non-hydrogen) atoms. The van der Waals surface area contributed by atoms with Crippen LogP contribution in [0.25, 0.3) is 0 Å². The van der Waals surface area contributed by atoms with Crippen molar-refractivity contribution in [2.45, 2.75) is 20.0 Å². The van der Waals surface area contributed by atoms with Gasteiger partial charge in [0.1, 0.15) is 5.70 Å². The van der Waals surface area contributed by atoms with Crippen LogP contribution in [0.5, 0.6) is 0 Å². The molecule has 0 saturated carbocycles. The summed E-state index contributed by atoms with van der Waals surface area (Å²) in [6.07, 6.45) is -5.75. The standard InChI is InChI=1S/C9H13F3N2O4/c1-3-17-7(15)5-6(9(10,11)12)13-14-8(16)18-4-2/h5,13H,3-4H2,1-2H3,(H,14,16)/b6-5+. The van der Waals surface area contributed by atoms with Crippen molar-refractivity contribution in [3.8, 4) is 0 Å². The third-order valence-corrected chi connectivity index (χ3v) is 1.43. The van der Waals surface area contributed by atoms with E-state index in [-0.39, 0.29) is 19.3 Å². The molecule has 0 unspecified atom stereocenters. The topological polar surface area (TPSA) is 76.7 Å². The molecule has 1 amide bonds. The molecule has 104 valence electrons. The van der Waals surface area contributed by atoms with Crippen molar-refractivity contribution in [1.82, 2.24) is 10.9 Å². The minimum absolute atomic E-state index is 0.00352. The molecule has 0 bridgehead atoms. The highest BCUT2D eigenvalue weighted by Gasteiger charge is 2.35. The first-order chi connectivity index (χ1) is 8.31. The summed E-state index contributed by atoms with van der Waals surface area (Å²) < 4.78 is 45.9. The van der Waals surface area contributed by atoms with E-state index in [4.69, 9.17) is 0 Å². The lowest BCUT2D eigenvalue weighted by atomic mass is 10.4. The average molecular weight is 270 g/mol. The largest absolute Gasteiger partial charge is 0.463 e. The Morgan fingerprint density at radius 1 is 1.11 bits per heavy atom. The molecule has 0 aliphatic heterocycles. The van der Waals surface area contributed by atoms with Crippen LogP contribution in [0.4, 0.5) is 18.0 Å². The summed E-state index contributed by atoms with van der Waals surface area (Å²) in [5.74, 6) is -1.18. The lowest BCUT2D eigenvalue weighted by Crippen LogP contribution is -2.41. The monoisotopic (exact) mass is 270 g/mol. The van der Waals surface area contributed by atoms with Gasteiger partial charge in [-0.1, -0.05) is 0 Å². The van der Waals surface area contributed by atoms with E-state index in [1.165, 1.54) is 13.8 Å². The molecule has 0 heterocycles. The van der Waals surface area contributed by atoms with Gasteiger partial charge in [-0.05, 0) is 13.8 Å². The molecule has 0 aromatic rings. The van der Waals surface area contributed by atoms with E-state index in [0.717, 1.165) is 0 Å². The molecular weight excluding hydrogens is 257 g/mol. The predicted molar refractivity (Wildman–Crippen MR) is 54.1 cm³/mol. The van der Waals surface area contributed by atoms with Crippen LogP contribution in [0.1, 0.15) is 13.8 Å². The van der Waals surface area contributed by atoms with Crippen molar-refractivity contribution in [2.75, 3.05) is 13.2 Å². The first-order valence-corrected chi connectivity index (χ1v) is 4.95. The number of carbonyl (C=O) groups excluding carboxylic acids is 2. The molecule has 0 rings (SSSR count). The number of nitrogens with one attached hydrogen (secondary N) is 2. The SMILES string of the molecule is CCOC(=O)/C=C(/NNC(=O)OCC)C(F)(F)F. The molecule has 0 spiro atoms. The first kappa shape index (κ1) is 16.1. The van der Waals surface area contributed by atoms with Gasteiger partial charge < -0.3 is 9.47 Å². The van der Waals surface area contributed by atoms with Gasteiger partial charge in [0.25, 0.3) is 0 Å². The van der Waals surface area contributed by atoms with E-state index >= 15 is 0 Å². The summed E-state index contributed by atoms with van der Waals surface area (Å²) in [5.41, 5.74) is 1.71. The van der Waals surface area contributed by atoms with Gasteiger partial charge in [-0.2, -0.15) is 13.2 Å². The molecule has 0 saturated heterocycles. The van der Waals surface area contributed by atoms with Crippen molar-refractivity contribution in [3.05, 3.63) is 11.8 Å². The Balaban J connectivity index is 4.61. The summed E-state index contributed by atoms with van der Waals surface area (Å²) >= 11 is 0. The second-order valence-corrected chi connectivity index (χ2v) is 2.78. The summed E-state index contributed by atoms with van der Waals surface area (Å²) in [7, 11) is 0. The van der Waals surface area contributed by atoms with Crippen LogP contribution in [0.2, 0.25) is 0 Å². The first-order valence-electron chi connectivity index (χ1n) is 4.95. The fourth-order valence-corrected chi connectivity index (χ4v) is 0.776. The fraction of sp³-hybridized carbons (Fsp3) is 0.556. The number of esters is 1. The molecule has 0 fully saturated rings. The minimum Gasteiger partial charge on any atom is -0.463 e. The number of alkyl halides is 3. The van der Waals surface area contributed by atoms with E-state index in [0.29, 0.717) is 0 Å². The van der Waals surface area contributed by atoms with Crippen LogP contribution in [0.15, 0.2) is 11.8 Å². The van der Waals surface area contributed by atoms with Crippen LogP contribution in [-0.2, 0) is 14.3 Å². The Hall–Kier alpha value is -1.93. The zero-order chi connectivity index (χ0) is 14.2. The Bertz CT molecular complexity index is 328. The second-order valence-electron chi connectivity index (χ2n) is 2.78. The van der Waals surface area contributed by atoms with E-state index in [9.17, 15) is 22.8 Å². The van der Waals surface area contributed by atoms with Crippen molar-refractivity contribution in [3.63, 3.8) is 0 Å². The van der Waals surface area contributed by atoms with Gasteiger partial charge >= 0.3 is 18.2 Å². The number of rotatable bonds is 5. The molecule has 0 atom stereocenters. The van der Waals surface area contributed by atoms with Crippen LogP contribution in [-0.4, -0.2) is 31.5 Å². The number of allylic oxidation sites excluding steroid dienone is 1. The molecule has 6 nitrogen and oxygen atoms in total. The number of amides is 1. The zero-order valence-electron chi connectivity index (χ0n) is 9.76. The van der Waals surface area contributed by atoms with Crippen molar-refractivity contribution in [1.29, 1.82) is 0 Å². The number of carbonyl (C=O) groups is 2. The third-order valence-electron chi connectivity index (χ3n) is 1.43. The van der Waals surface area contributed by atoms with Crippen LogP contribution < -0.4 is 10.9 Å². The zero-order valence-corrected chi connectivity index (χ0v) is 9.76. The smallest absolute Gasteiger partial charge is 0.432 e. The van der Waals surface area contributed by atoms with Gasteiger partial charge in [-0.25, -0.2) is 15.0 Å². The van der Waals surface area contributed by atoms with E-state index in [1.54, 1.807) is 10.9 Å². The Labute approximate surface area is 101 Å². The molecule has 9 heteroatoms. The van der Waals surface area contributed by atoms with Crippen LogP contribution in [0.3, 0.4) is 0 Å². The maximum absolute atomic E-state index is 12.4. The maximum atomic E-state index is 12.4. The van der Waals surface area contributed by atoms with Gasteiger partial charge in [0, 0.05) is 0 Å². The lowest BCUT2D eigenvalue weighted by molar-refractivity contribution is -0.138. The van der Waals surface area contributed by atoms with E-state index in [2.05, 4.69) is 9.47 Å². The van der Waals surface area contributed by atoms with Gasteiger partial charge in [-0.3, -0.25) is 5.43 Å². The van der Waals surface area contributed by atoms with E-state index < -0.39 is 23.9 Å². The Morgan fingerprint density at radius 3 is 2.11 bits per heavy atom. The van der Waals surface area contributed by atoms with Gasteiger partial charge in [0.05, 0.1) is 19.3 Å². The summed E-state index contributed by atoms with van der Waals surface area (Å²) in [5, 5.41) is 0. The Kier molecular flexibility index (Phi) is 6.61. The van der Waals surface area contributed by atoms with Crippen molar-refractivity contribution < 1.29 is 32.2 Å². The van der Waals surface area contributed by atoms with Crippen LogP contribution in [0, 0.1) is 0 Å². The second kappa shape index (κ2) is 7.41. The van der Waals surface area contributed by atoms with Gasteiger partial charge in [-0.15, -0.1) is 0 Å². The third kappa shape index (κ3) is 6.61. The highest BCUT2D eigenvalue weighted by atomic mass is 19.4. The fourth-order valence-electron chi connectivity index (χ4n) is 0.776. The van der Waals surface area contributed by atoms with Gasteiger partial charge in [0.2, 0.25) is 0 Å². The lowest BCUT2D eigenvalue weighted by Gasteiger charge is -2.14. The number of hydrazine groups is 1. The highest BCUT2D eigenvalue weighted by Crippen LogP contribution is 2.22. The normalized spacial score (nSPS) is 11.7. The molecule has 0 aliphatic rings. The molecule has 0 aromatic carbocycles. The Morgan fingerprint density at radius 2 is 1.67 bits per heavy atom. The number of ether oxygens (including phenoxy) is 2. The van der Waals surface area contributed by atoms with E-state index in [1.807, 2.05) is 0 Å². The number of hydrogen-bond donors (Lipinski definition) is 2. The predicted octanol–water partition coefficient (Wildman–Crippen LogP) is 1.25. The summed E-state index contributed by atoms with van der Waals surface area (Å²) in [6, 6.07) is 0. The molecule has 0 aliphatic carbocycles. The highest BCUT2D eigenvalue weighted by molar-refractivity contribution is 5.83. The molecule has 0 aromatic heterocycles. The molecular formula is C9H13F3N2O4. The average Bonchev–Trinajstić information content (AvgIpc) is 2.23. The van der Waals surface area contributed by atoms with Gasteiger partial charge in [0.15, 0.2) is 0 Å². The van der Waals surface area contributed by atoms with Crippen molar-refractivity contribution >= 4 is 12.1 Å². The number of hydrogen-bond acceptors (Lipinski definition) is 5. The molecule has 0 radical (unpaired) electrons. The molecule has 2 N–H and O–H groups in total. The van der Waals surface area contributed by atoms with Crippen LogP contribution >= 0.6 is 0 Å². The summed E-state index contributed by atoms with van der Waals surface area (Å²) in [6.45, 7) is 2.87. The maximum Gasteiger partial charge on any atom is 0.432 e.